The summed E-state index contributed by atoms with van der Waals surface area (Å²) in [5, 5.41) is 0. The molecule has 1 saturated carbocycles. The van der Waals surface area contributed by atoms with Gasteiger partial charge in [0.25, 0.3) is 0 Å². The van der Waals surface area contributed by atoms with Gasteiger partial charge in [-0.05, 0) is 247 Å². The first-order valence-corrected chi connectivity index (χ1v) is 37.3. The summed E-state index contributed by atoms with van der Waals surface area (Å²) < 4.78 is 3.52. The Morgan fingerprint density at radius 2 is 0.811 bits per heavy atom. The van der Waals surface area contributed by atoms with Gasteiger partial charge >= 0.3 is 17.1 Å². The summed E-state index contributed by atoms with van der Waals surface area (Å²) in [4.78, 5) is 158. The average molecular weight is 1520 g/mol. The quantitative estimate of drug-likeness (QED) is 0.0229. The van der Waals surface area contributed by atoms with Gasteiger partial charge in [-0.1, -0.05) is 123 Å². The van der Waals surface area contributed by atoms with Gasteiger partial charge < -0.3 is 0 Å². The van der Waals surface area contributed by atoms with Gasteiger partial charge in [0, 0.05) is 39.3 Å². The van der Waals surface area contributed by atoms with E-state index in [-0.39, 0.29) is 41.9 Å². The summed E-state index contributed by atoms with van der Waals surface area (Å²) in [7, 11) is 0. The van der Waals surface area contributed by atoms with Crippen molar-refractivity contribution in [1.29, 1.82) is 0 Å². The molecule has 0 amide bonds. The fourth-order valence-corrected chi connectivity index (χ4v) is 11.9. The minimum Gasteiger partial charge on any atom is -0.247 e. The third-order valence-electron chi connectivity index (χ3n) is 17.8. The van der Waals surface area contributed by atoms with Crippen molar-refractivity contribution in [2.24, 2.45) is 87.1 Å². The lowest BCUT2D eigenvalue weighted by Crippen LogP contribution is -2.54. The van der Waals surface area contributed by atoms with Crippen LogP contribution < -0.4 is 17.1 Å². The highest BCUT2D eigenvalue weighted by molar-refractivity contribution is 5.64. The molecule has 0 radical (unpaired) electrons. The molecule has 4 aromatic rings. The van der Waals surface area contributed by atoms with Gasteiger partial charge in [0.2, 0.25) is 42.6 Å². The van der Waals surface area contributed by atoms with Crippen molar-refractivity contribution in [2.75, 3.05) is 52.4 Å². The Balaban J connectivity index is 0.00000138. The maximum Gasteiger partial charge on any atom is 0.336 e. The van der Waals surface area contributed by atoms with E-state index >= 15 is 0 Å². The van der Waals surface area contributed by atoms with Crippen LogP contribution in [-0.4, -0.2) is 150 Å². The summed E-state index contributed by atoms with van der Waals surface area (Å²) in [6.07, 6.45) is 30.0. The average Bonchev–Trinajstić information content (AvgIpc) is 0.759. The third-order valence-corrected chi connectivity index (χ3v) is 17.8. The topological polar surface area (TPSA) is 346 Å². The fraction of sp³-hybridized carbons (Fsp3) is 0.529. The van der Waals surface area contributed by atoms with Gasteiger partial charge in [0.15, 0.2) is 0 Å². The Hall–Kier alpha value is -11.6. The molecule has 0 aliphatic heterocycles. The third kappa shape index (κ3) is 47.8. The van der Waals surface area contributed by atoms with E-state index in [1.165, 1.54) is 49.7 Å². The molecule has 5 rings (SSSR count). The van der Waals surface area contributed by atoms with Gasteiger partial charge in [0.1, 0.15) is 0 Å². The number of carbonyl (C=O) groups excluding carboxylic acids is 7. The van der Waals surface area contributed by atoms with Crippen LogP contribution >= 0.6 is 0 Å². The number of benzene rings is 3. The molecule has 0 spiro atoms. The van der Waals surface area contributed by atoms with Gasteiger partial charge in [-0.2, -0.15) is 9.98 Å². The van der Waals surface area contributed by atoms with Crippen molar-refractivity contribution < 1.29 is 33.6 Å². The first-order chi connectivity index (χ1) is 53.5. The Morgan fingerprint density at radius 1 is 0.432 bits per heavy atom. The van der Waals surface area contributed by atoms with E-state index in [0.29, 0.717) is 81.5 Å². The zero-order valence-corrected chi connectivity index (χ0v) is 66.3. The van der Waals surface area contributed by atoms with Crippen molar-refractivity contribution in [3.8, 4) is 0 Å². The molecule has 3 aromatic carbocycles. The zero-order valence-electron chi connectivity index (χ0n) is 66.3. The molecule has 0 saturated heterocycles. The summed E-state index contributed by atoms with van der Waals surface area (Å²) in [6.45, 7) is 41.2. The van der Waals surface area contributed by atoms with E-state index in [2.05, 4.69) is 181 Å². The molecular weight excluding hydrogens is 1410 g/mol. The molecule has 1 aliphatic carbocycles. The molecule has 3 unspecified atom stereocenters. The zero-order chi connectivity index (χ0) is 82.7. The van der Waals surface area contributed by atoms with Crippen LogP contribution in [0.2, 0.25) is 0 Å². The number of nitrogens with zero attached hydrogens (tertiary/aromatic N) is 16. The summed E-state index contributed by atoms with van der Waals surface area (Å²) in [5.74, 6) is 15.6. The smallest absolute Gasteiger partial charge is 0.247 e. The van der Waals surface area contributed by atoms with Crippen LogP contribution in [0.4, 0.5) is 22.7 Å². The number of isocyanates is 7. The number of aliphatic imine (C=N–C) groups is 13. The van der Waals surface area contributed by atoms with E-state index in [4.69, 9.17) is 0 Å². The lowest BCUT2D eigenvalue weighted by Gasteiger charge is -2.44. The van der Waals surface area contributed by atoms with Crippen LogP contribution in [0.25, 0.3) is 0 Å². The van der Waals surface area contributed by atoms with Crippen molar-refractivity contribution in [3.05, 3.63) is 154 Å². The fourth-order valence-electron chi connectivity index (χ4n) is 11.9. The van der Waals surface area contributed by atoms with Crippen LogP contribution in [0, 0.1) is 29.1 Å². The highest BCUT2D eigenvalue weighted by atomic mass is 16.2. The molecule has 1 aliphatic rings. The van der Waals surface area contributed by atoms with E-state index < -0.39 is 17.1 Å². The molecule has 111 heavy (non-hydrogen) atoms. The largest absolute Gasteiger partial charge is 0.336 e. The molecule has 3 atom stereocenters. The molecule has 1 heterocycles. The van der Waals surface area contributed by atoms with Crippen LogP contribution in [0.5, 0.6) is 0 Å². The number of aromatic nitrogens is 3. The molecular formula is C85H112N16O10. The molecule has 1 aromatic heterocycles. The van der Waals surface area contributed by atoms with Crippen LogP contribution in [0.3, 0.4) is 0 Å². The molecule has 0 bridgehead atoms. The minimum atomic E-state index is -0.570. The normalized spacial score (nSPS) is 13.2. The van der Waals surface area contributed by atoms with Gasteiger partial charge in [-0.3, -0.25) is 0 Å². The first kappa shape index (κ1) is 99.4. The van der Waals surface area contributed by atoms with E-state index in [9.17, 15) is 47.9 Å². The van der Waals surface area contributed by atoms with Crippen LogP contribution in [0.15, 0.2) is 185 Å². The number of hydrogen-bond acceptors (Lipinski definition) is 23. The van der Waals surface area contributed by atoms with Crippen molar-refractivity contribution >= 4 is 101 Å². The molecule has 26 nitrogen and oxygen atoms in total. The van der Waals surface area contributed by atoms with Gasteiger partial charge in [-0.25, -0.2) is 117 Å². The Kier molecular flexibility index (Phi) is 56.8. The van der Waals surface area contributed by atoms with Crippen LogP contribution in [0.1, 0.15) is 193 Å². The van der Waals surface area contributed by atoms with E-state index in [1.807, 2.05) is 49.4 Å². The van der Waals surface area contributed by atoms with E-state index in [1.54, 1.807) is 36.4 Å². The molecule has 26 heteroatoms. The summed E-state index contributed by atoms with van der Waals surface area (Å²) in [6, 6.07) is 20.9. The standard InChI is InChI=1S/C25H38N6O5.C16H12N2O.C13H20N2O.C12H20N2O.C10H8N2O.C9H14N2O/c1-2-26-15-9-3-6-12-18-29-23(34)30(19-13-7-4-10-16-27-21-32)25(36)31(24(29)35)20-14-8-5-11-17-28-22-33;1-2-17-15-7-3-13(4-8-15)11-14-5-9-16(10-6-14)18-12-19;1-5-15-11-6-12(2,3)8-13(4,7-11)9-14-10-16;1-5-13-8-6-11(2)12(3,4)7-9-14-10-15;1-3-11-10-6-9(12-7-13)5-4-8(10)2;1-2-10-7-5-3-4-6-8-11-9-12/h1,3-20H2;3-10H,1,11H2;11H,1,6-9H2,2-4H3;11H,1,6-9H2,2-4H3;4-6H,1H2,2H3;1,3-8H2. The molecule has 592 valence electrons. The maximum absolute atomic E-state index is 13.0. The second-order valence-electron chi connectivity index (χ2n) is 27.7. The van der Waals surface area contributed by atoms with Crippen molar-refractivity contribution in [1.82, 2.24) is 13.7 Å². The second-order valence-corrected chi connectivity index (χ2v) is 27.7. The Morgan fingerprint density at radius 3 is 1.21 bits per heavy atom. The van der Waals surface area contributed by atoms with E-state index in [0.717, 1.165) is 152 Å². The van der Waals surface area contributed by atoms with Gasteiger partial charge in [0.05, 0.1) is 61.5 Å². The number of rotatable bonds is 44. The minimum absolute atomic E-state index is 0.0458. The lowest BCUT2D eigenvalue weighted by molar-refractivity contribution is 0.0917. The molecule has 1 fully saturated rings. The van der Waals surface area contributed by atoms with Crippen molar-refractivity contribution in [3.63, 3.8) is 0 Å². The van der Waals surface area contributed by atoms with Crippen LogP contribution in [-0.2, 0) is 59.6 Å². The highest BCUT2D eigenvalue weighted by Gasteiger charge is 2.41. The molecule has 0 N–H and O–H groups in total. The first-order valence-electron chi connectivity index (χ1n) is 37.3. The number of aryl methyl sites for hydroxylation is 1. The maximum atomic E-state index is 13.0. The monoisotopic (exact) mass is 1520 g/mol. The summed E-state index contributed by atoms with van der Waals surface area (Å²) >= 11 is 0. The predicted octanol–water partition coefficient (Wildman–Crippen LogP) is 15.7. The SMILES string of the molecule is C=C=NC1CC(C)(C)CC(C)(CN=C=O)C1.C=C=NCCC(C)C(C)(C)CCN=C=O.C=C=NCCCCCCN=C=O.C=C=NCCCCCCn1c(=O)n(CCCCCCN=C=O)c(=O)n(CCCCCCN=C=O)c1=O.C=C=Nc1cc(N=C=O)ccc1C.C=C=Nc1ccc(Cc2ccc(N=C=O)cc2)cc1. The second kappa shape index (κ2) is 63.4. The predicted molar refractivity (Wildman–Crippen MR) is 444 cm³/mol. The summed E-state index contributed by atoms with van der Waals surface area (Å²) in [5.41, 5.74) is 4.81. The Labute approximate surface area is 653 Å². The lowest BCUT2D eigenvalue weighted by atomic mass is 9.63. The number of hydrogen-bond donors (Lipinski definition) is 0. The van der Waals surface area contributed by atoms with Crippen molar-refractivity contribution in [2.45, 2.75) is 215 Å². The van der Waals surface area contributed by atoms with Gasteiger partial charge in [-0.15, -0.1) is 0 Å². The Bertz CT molecular complexity index is 4050. The highest BCUT2D eigenvalue weighted by Crippen LogP contribution is 2.47. The number of unbranched alkanes of at least 4 members (excludes halogenated alkanes) is 12.